The maximum Gasteiger partial charge on any atom is 0.165 e. The lowest BCUT2D eigenvalue weighted by atomic mass is 10.0. The standard InChI is InChI=1S/C10H13FO/c1-7(2)8-4-5-10(12-3)9(11)6-8/h4-7H,1-3H3/i3D3. The summed E-state index contributed by atoms with van der Waals surface area (Å²) in [6.07, 6.45) is 0. The minimum atomic E-state index is -2.61. The van der Waals surface area contributed by atoms with Crippen molar-refractivity contribution in [1.29, 1.82) is 0 Å². The summed E-state index contributed by atoms with van der Waals surface area (Å²) in [5.74, 6) is -0.682. The maximum atomic E-state index is 13.4. The van der Waals surface area contributed by atoms with Crippen molar-refractivity contribution in [3.05, 3.63) is 29.6 Å². The van der Waals surface area contributed by atoms with E-state index in [-0.39, 0.29) is 11.7 Å². The topological polar surface area (TPSA) is 9.23 Å². The third kappa shape index (κ3) is 1.76. The van der Waals surface area contributed by atoms with Crippen LogP contribution in [0.5, 0.6) is 5.75 Å². The number of halogens is 1. The molecule has 1 aromatic carbocycles. The van der Waals surface area contributed by atoms with Gasteiger partial charge >= 0.3 is 0 Å². The van der Waals surface area contributed by atoms with E-state index in [2.05, 4.69) is 4.74 Å². The van der Waals surface area contributed by atoms with Crippen LogP contribution in [-0.2, 0) is 0 Å². The second-order valence-corrected chi connectivity index (χ2v) is 2.95. The molecule has 0 amide bonds. The third-order valence-electron chi connectivity index (χ3n) is 1.73. The Kier molecular flexibility index (Phi) is 1.66. The summed E-state index contributed by atoms with van der Waals surface area (Å²) in [4.78, 5) is 0. The highest BCUT2D eigenvalue weighted by Crippen LogP contribution is 2.22. The van der Waals surface area contributed by atoms with E-state index in [0.717, 1.165) is 5.56 Å². The quantitative estimate of drug-likeness (QED) is 0.664. The predicted octanol–water partition coefficient (Wildman–Crippen LogP) is 2.96. The van der Waals surface area contributed by atoms with Gasteiger partial charge in [0.15, 0.2) is 11.6 Å². The molecule has 0 saturated carbocycles. The number of rotatable bonds is 2. The van der Waals surface area contributed by atoms with Crippen LogP contribution in [0.3, 0.4) is 0 Å². The fourth-order valence-electron chi connectivity index (χ4n) is 0.959. The molecule has 0 N–H and O–H groups in total. The van der Waals surface area contributed by atoms with E-state index in [1.807, 2.05) is 13.8 Å². The molecule has 0 saturated heterocycles. The van der Waals surface area contributed by atoms with E-state index in [4.69, 9.17) is 4.11 Å². The summed E-state index contributed by atoms with van der Waals surface area (Å²) < 4.78 is 38.4. The first kappa shape index (κ1) is 5.57. The minimum Gasteiger partial charge on any atom is -0.494 e. The minimum absolute atomic E-state index is 0.196. The third-order valence-corrected chi connectivity index (χ3v) is 1.73. The SMILES string of the molecule is [2H]C([2H])([2H])Oc1ccc(C(C)C)cc1F. The summed E-state index contributed by atoms with van der Waals surface area (Å²) in [6, 6.07) is 4.30. The van der Waals surface area contributed by atoms with Gasteiger partial charge in [0.05, 0.1) is 11.2 Å². The van der Waals surface area contributed by atoms with Gasteiger partial charge in [-0.1, -0.05) is 19.9 Å². The van der Waals surface area contributed by atoms with E-state index < -0.39 is 12.9 Å². The predicted molar refractivity (Wildman–Crippen MR) is 47.0 cm³/mol. The number of hydrogen-bond donors (Lipinski definition) is 0. The Bertz CT molecular complexity index is 347. The Morgan fingerprint density at radius 3 is 2.75 bits per heavy atom. The van der Waals surface area contributed by atoms with Crippen LogP contribution in [0.4, 0.5) is 4.39 Å². The van der Waals surface area contributed by atoms with E-state index in [1.54, 1.807) is 6.07 Å². The molecule has 0 aromatic heterocycles. The lowest BCUT2D eigenvalue weighted by Crippen LogP contribution is -1.92. The van der Waals surface area contributed by atoms with Gasteiger partial charge in [-0.15, -0.1) is 0 Å². The zero-order valence-electron chi connectivity index (χ0n) is 10.1. The molecule has 0 radical (unpaired) electrons. The van der Waals surface area contributed by atoms with Crippen molar-refractivity contribution in [2.24, 2.45) is 0 Å². The highest BCUT2D eigenvalue weighted by Gasteiger charge is 2.05. The molecule has 0 aliphatic carbocycles. The Morgan fingerprint density at radius 1 is 1.50 bits per heavy atom. The molecule has 0 unspecified atom stereocenters. The molecule has 0 aliphatic heterocycles. The largest absolute Gasteiger partial charge is 0.494 e. The molecule has 0 heterocycles. The fraction of sp³-hybridized carbons (Fsp3) is 0.400. The smallest absolute Gasteiger partial charge is 0.165 e. The van der Waals surface area contributed by atoms with Crippen molar-refractivity contribution in [2.45, 2.75) is 19.8 Å². The number of hydrogen-bond acceptors (Lipinski definition) is 1. The zero-order chi connectivity index (χ0) is 11.6. The molecule has 1 rings (SSSR count). The van der Waals surface area contributed by atoms with Crippen LogP contribution >= 0.6 is 0 Å². The molecular weight excluding hydrogens is 155 g/mol. The Labute approximate surface area is 76.4 Å². The molecule has 66 valence electrons. The Morgan fingerprint density at radius 2 is 2.25 bits per heavy atom. The molecule has 0 fully saturated rings. The van der Waals surface area contributed by atoms with Crippen LogP contribution in [0.1, 0.15) is 29.4 Å². The zero-order valence-corrected chi connectivity index (χ0v) is 7.10. The van der Waals surface area contributed by atoms with Crippen molar-refractivity contribution >= 4 is 0 Å². The monoisotopic (exact) mass is 171 g/mol. The normalized spacial score (nSPS) is 15.2. The summed E-state index contributed by atoms with van der Waals surface area (Å²) in [7, 11) is -2.61. The second-order valence-electron chi connectivity index (χ2n) is 2.95. The molecule has 2 heteroatoms. The van der Waals surface area contributed by atoms with Gasteiger partial charge in [-0.25, -0.2) is 4.39 Å². The van der Waals surface area contributed by atoms with Gasteiger partial charge in [-0.2, -0.15) is 0 Å². The highest BCUT2D eigenvalue weighted by atomic mass is 19.1. The van der Waals surface area contributed by atoms with E-state index in [0.29, 0.717) is 0 Å². The van der Waals surface area contributed by atoms with Crippen molar-refractivity contribution in [3.63, 3.8) is 0 Å². The van der Waals surface area contributed by atoms with Gasteiger partial charge < -0.3 is 4.74 Å². The molecule has 0 bridgehead atoms. The molecule has 0 aliphatic rings. The van der Waals surface area contributed by atoms with Gasteiger partial charge in [-0.3, -0.25) is 0 Å². The van der Waals surface area contributed by atoms with Crippen molar-refractivity contribution in [1.82, 2.24) is 0 Å². The van der Waals surface area contributed by atoms with Crippen LogP contribution < -0.4 is 4.74 Å². The van der Waals surface area contributed by atoms with Crippen LogP contribution in [-0.4, -0.2) is 7.04 Å². The number of methoxy groups -OCH3 is 1. The van der Waals surface area contributed by atoms with Gasteiger partial charge in [-0.05, 0) is 23.6 Å². The van der Waals surface area contributed by atoms with Crippen LogP contribution in [0.25, 0.3) is 0 Å². The lowest BCUT2D eigenvalue weighted by Gasteiger charge is -2.07. The van der Waals surface area contributed by atoms with E-state index in [1.165, 1.54) is 12.1 Å². The maximum absolute atomic E-state index is 13.4. The lowest BCUT2D eigenvalue weighted by molar-refractivity contribution is 0.386. The van der Waals surface area contributed by atoms with Crippen molar-refractivity contribution in [3.8, 4) is 5.75 Å². The summed E-state index contributed by atoms with van der Waals surface area (Å²) in [5, 5.41) is 0. The van der Waals surface area contributed by atoms with Crippen LogP contribution in [0, 0.1) is 5.82 Å². The van der Waals surface area contributed by atoms with Gasteiger partial charge in [0, 0.05) is 0 Å². The first-order chi connectivity index (χ1) is 6.79. The van der Waals surface area contributed by atoms with E-state index in [9.17, 15) is 4.39 Å². The van der Waals surface area contributed by atoms with Gasteiger partial charge in [0.2, 0.25) is 0 Å². The van der Waals surface area contributed by atoms with E-state index >= 15 is 0 Å². The van der Waals surface area contributed by atoms with Crippen LogP contribution in [0.15, 0.2) is 18.2 Å². The summed E-state index contributed by atoms with van der Waals surface area (Å²) in [6.45, 7) is 3.86. The summed E-state index contributed by atoms with van der Waals surface area (Å²) in [5.41, 5.74) is 0.811. The average molecular weight is 171 g/mol. The Hall–Kier alpha value is -1.05. The highest BCUT2D eigenvalue weighted by molar-refractivity contribution is 5.30. The molecule has 0 spiro atoms. The van der Waals surface area contributed by atoms with Crippen molar-refractivity contribution in [2.75, 3.05) is 7.04 Å². The molecule has 1 nitrogen and oxygen atoms in total. The molecule has 1 aromatic rings. The van der Waals surface area contributed by atoms with Crippen LogP contribution in [0.2, 0.25) is 0 Å². The summed E-state index contributed by atoms with van der Waals surface area (Å²) >= 11 is 0. The van der Waals surface area contributed by atoms with Gasteiger partial charge in [0.25, 0.3) is 0 Å². The number of ether oxygens (including phenoxy) is 1. The fourth-order valence-corrected chi connectivity index (χ4v) is 0.959. The number of benzene rings is 1. The van der Waals surface area contributed by atoms with Crippen molar-refractivity contribution < 1.29 is 13.2 Å². The molecule has 0 atom stereocenters. The Balaban J connectivity index is 2.94. The molecule has 12 heavy (non-hydrogen) atoms. The second kappa shape index (κ2) is 3.57. The molecular formula is C10H13FO. The first-order valence-corrected chi connectivity index (χ1v) is 3.78. The average Bonchev–Trinajstić information content (AvgIpc) is 2.05. The first-order valence-electron chi connectivity index (χ1n) is 5.28. The van der Waals surface area contributed by atoms with Gasteiger partial charge in [0.1, 0.15) is 0 Å².